The highest BCUT2D eigenvalue weighted by atomic mass is 35.5. The summed E-state index contributed by atoms with van der Waals surface area (Å²) in [7, 11) is 0. The van der Waals surface area contributed by atoms with Gasteiger partial charge in [0.1, 0.15) is 5.82 Å². The van der Waals surface area contributed by atoms with Crippen molar-refractivity contribution in [1.82, 2.24) is 4.90 Å². The van der Waals surface area contributed by atoms with Crippen molar-refractivity contribution in [3.8, 4) is 0 Å². The molecule has 1 saturated heterocycles. The van der Waals surface area contributed by atoms with E-state index in [0.29, 0.717) is 12.1 Å². The van der Waals surface area contributed by atoms with Gasteiger partial charge in [-0.2, -0.15) is 0 Å². The molecule has 1 atom stereocenters. The lowest BCUT2D eigenvalue weighted by atomic mass is 10.1. The van der Waals surface area contributed by atoms with Gasteiger partial charge in [-0.25, -0.2) is 4.39 Å². The Bertz CT molecular complexity index is 419. The van der Waals surface area contributed by atoms with Gasteiger partial charge >= 0.3 is 0 Å². The molecule has 100 valence electrons. The Kier molecular flexibility index (Phi) is 5.11. The minimum Gasteiger partial charge on any atom is -0.334 e. The van der Waals surface area contributed by atoms with Gasteiger partial charge in [-0.1, -0.05) is 0 Å². The molecule has 1 aliphatic heterocycles. The number of benzene rings is 1. The topological polar surface area (TPSA) is 46.3 Å². The van der Waals surface area contributed by atoms with Crippen molar-refractivity contribution < 1.29 is 9.18 Å². The molecule has 1 heterocycles. The van der Waals surface area contributed by atoms with Gasteiger partial charge in [0.05, 0.1) is 0 Å². The van der Waals surface area contributed by atoms with Crippen LogP contribution in [0.3, 0.4) is 0 Å². The highest BCUT2D eigenvalue weighted by Gasteiger charge is 2.28. The number of rotatable bonds is 2. The first-order valence-electron chi connectivity index (χ1n) is 5.90. The summed E-state index contributed by atoms with van der Waals surface area (Å²) in [6, 6.07) is 4.53. The molecule has 2 N–H and O–H groups in total. The van der Waals surface area contributed by atoms with Crippen molar-refractivity contribution >= 4 is 18.3 Å². The molecule has 1 fully saturated rings. The zero-order chi connectivity index (χ0) is 12.4. The predicted octanol–water partition coefficient (Wildman–Crippen LogP) is 2.12. The number of nitrogens with two attached hydrogens (primary N) is 1. The minimum atomic E-state index is -0.364. The Morgan fingerprint density at radius 3 is 2.83 bits per heavy atom. The lowest BCUT2D eigenvalue weighted by molar-refractivity contribution is 0.0740. The highest BCUT2D eigenvalue weighted by molar-refractivity contribution is 5.94. The van der Waals surface area contributed by atoms with Crippen molar-refractivity contribution in [3.63, 3.8) is 0 Å². The Balaban J connectivity index is 0.00000162. The Morgan fingerprint density at radius 1 is 1.50 bits per heavy atom. The third-order valence-corrected chi connectivity index (χ3v) is 3.20. The number of amides is 1. The van der Waals surface area contributed by atoms with E-state index in [-0.39, 0.29) is 30.2 Å². The number of hydrogen-bond donors (Lipinski definition) is 1. The second kappa shape index (κ2) is 6.16. The van der Waals surface area contributed by atoms with Gasteiger partial charge < -0.3 is 10.6 Å². The molecular weight excluding hydrogens is 255 g/mol. The third kappa shape index (κ3) is 3.00. The Hall–Kier alpha value is -1.13. The minimum absolute atomic E-state index is 0. The van der Waals surface area contributed by atoms with Crippen LogP contribution in [0, 0.1) is 12.7 Å². The fraction of sp³-hybridized carbons (Fsp3) is 0.462. The van der Waals surface area contributed by atoms with Crippen LogP contribution < -0.4 is 5.73 Å². The SMILES string of the molecule is Cc1cc(F)cc(C(=O)N2CCCC2CN)c1.Cl. The maximum absolute atomic E-state index is 13.3. The number of hydrogen-bond acceptors (Lipinski definition) is 2. The standard InChI is InChI=1S/C13H17FN2O.ClH/c1-9-5-10(7-11(14)6-9)13(17)16-4-2-3-12(16)8-15;/h5-7,12H,2-4,8,15H2,1H3;1H. The number of carbonyl (C=O) groups is 1. The molecule has 2 rings (SSSR count). The molecule has 1 aliphatic rings. The van der Waals surface area contributed by atoms with Crippen molar-refractivity contribution in [2.45, 2.75) is 25.8 Å². The summed E-state index contributed by atoms with van der Waals surface area (Å²) in [5, 5.41) is 0. The molecule has 0 saturated carbocycles. The van der Waals surface area contributed by atoms with Crippen LogP contribution in [0.1, 0.15) is 28.8 Å². The van der Waals surface area contributed by atoms with Crippen LogP contribution in [-0.2, 0) is 0 Å². The number of likely N-dealkylation sites (tertiary alicyclic amines) is 1. The predicted molar refractivity (Wildman–Crippen MR) is 71.5 cm³/mol. The maximum atomic E-state index is 13.3. The average molecular weight is 273 g/mol. The van der Waals surface area contributed by atoms with E-state index in [9.17, 15) is 9.18 Å². The van der Waals surface area contributed by atoms with E-state index in [0.717, 1.165) is 24.9 Å². The molecule has 0 bridgehead atoms. The van der Waals surface area contributed by atoms with E-state index in [2.05, 4.69) is 0 Å². The monoisotopic (exact) mass is 272 g/mol. The lowest BCUT2D eigenvalue weighted by Gasteiger charge is -2.23. The van der Waals surface area contributed by atoms with E-state index in [1.807, 2.05) is 0 Å². The van der Waals surface area contributed by atoms with Gasteiger partial charge in [-0.15, -0.1) is 12.4 Å². The molecule has 5 heteroatoms. The molecule has 1 amide bonds. The molecular formula is C13H18ClFN2O. The van der Waals surface area contributed by atoms with Crippen molar-refractivity contribution in [2.24, 2.45) is 5.73 Å². The highest BCUT2D eigenvalue weighted by Crippen LogP contribution is 2.20. The number of carbonyl (C=O) groups excluding carboxylic acids is 1. The number of nitrogens with zero attached hydrogens (tertiary/aromatic N) is 1. The van der Waals surface area contributed by atoms with Crippen molar-refractivity contribution in [1.29, 1.82) is 0 Å². The zero-order valence-electron chi connectivity index (χ0n) is 10.4. The molecule has 0 spiro atoms. The molecule has 1 aromatic carbocycles. The third-order valence-electron chi connectivity index (χ3n) is 3.20. The Labute approximate surface area is 113 Å². The molecule has 3 nitrogen and oxygen atoms in total. The van der Waals surface area contributed by atoms with Crippen LogP contribution in [0.4, 0.5) is 4.39 Å². The van der Waals surface area contributed by atoms with Gasteiger partial charge in [0.25, 0.3) is 5.91 Å². The van der Waals surface area contributed by atoms with E-state index in [1.54, 1.807) is 17.9 Å². The fourth-order valence-electron chi connectivity index (χ4n) is 2.37. The van der Waals surface area contributed by atoms with Gasteiger partial charge in [0, 0.05) is 24.7 Å². The normalized spacial score (nSPS) is 18.6. The largest absolute Gasteiger partial charge is 0.334 e. The smallest absolute Gasteiger partial charge is 0.254 e. The van der Waals surface area contributed by atoms with Gasteiger partial charge in [-0.3, -0.25) is 4.79 Å². The van der Waals surface area contributed by atoms with Crippen LogP contribution in [0.25, 0.3) is 0 Å². The molecule has 1 aromatic rings. The lowest BCUT2D eigenvalue weighted by Crippen LogP contribution is -2.39. The summed E-state index contributed by atoms with van der Waals surface area (Å²) in [5.74, 6) is -0.475. The van der Waals surface area contributed by atoms with Crippen LogP contribution in [0.5, 0.6) is 0 Å². The molecule has 0 aromatic heterocycles. The first kappa shape index (κ1) is 14.9. The second-order valence-electron chi connectivity index (χ2n) is 4.55. The van der Waals surface area contributed by atoms with Crippen LogP contribution in [0.2, 0.25) is 0 Å². The van der Waals surface area contributed by atoms with E-state index >= 15 is 0 Å². The number of aryl methyl sites for hydroxylation is 1. The molecule has 0 radical (unpaired) electrons. The van der Waals surface area contributed by atoms with Crippen molar-refractivity contribution in [3.05, 3.63) is 35.1 Å². The fourth-order valence-corrected chi connectivity index (χ4v) is 2.37. The number of halogens is 2. The summed E-state index contributed by atoms with van der Waals surface area (Å²) in [5.41, 5.74) is 6.81. The first-order chi connectivity index (χ1) is 8.11. The molecule has 18 heavy (non-hydrogen) atoms. The zero-order valence-corrected chi connectivity index (χ0v) is 11.2. The Morgan fingerprint density at radius 2 is 2.22 bits per heavy atom. The maximum Gasteiger partial charge on any atom is 0.254 e. The van der Waals surface area contributed by atoms with Gasteiger partial charge in [0.2, 0.25) is 0 Å². The quantitative estimate of drug-likeness (QED) is 0.896. The van der Waals surface area contributed by atoms with Crippen LogP contribution >= 0.6 is 12.4 Å². The summed E-state index contributed by atoms with van der Waals surface area (Å²) < 4.78 is 13.3. The van der Waals surface area contributed by atoms with Crippen molar-refractivity contribution in [2.75, 3.05) is 13.1 Å². The van der Waals surface area contributed by atoms with Crippen LogP contribution in [-0.4, -0.2) is 29.9 Å². The van der Waals surface area contributed by atoms with Gasteiger partial charge in [0.15, 0.2) is 0 Å². The summed E-state index contributed by atoms with van der Waals surface area (Å²) in [6.45, 7) is 2.97. The first-order valence-corrected chi connectivity index (χ1v) is 5.90. The summed E-state index contributed by atoms with van der Waals surface area (Å²) >= 11 is 0. The molecule has 0 aliphatic carbocycles. The average Bonchev–Trinajstić information content (AvgIpc) is 2.74. The van der Waals surface area contributed by atoms with Crippen LogP contribution in [0.15, 0.2) is 18.2 Å². The molecule has 1 unspecified atom stereocenters. The van der Waals surface area contributed by atoms with E-state index < -0.39 is 0 Å². The summed E-state index contributed by atoms with van der Waals surface area (Å²) in [6.07, 6.45) is 1.92. The second-order valence-corrected chi connectivity index (χ2v) is 4.55. The van der Waals surface area contributed by atoms with E-state index in [4.69, 9.17) is 5.73 Å². The van der Waals surface area contributed by atoms with Gasteiger partial charge in [-0.05, 0) is 43.5 Å². The summed E-state index contributed by atoms with van der Waals surface area (Å²) in [4.78, 5) is 14.0. The van der Waals surface area contributed by atoms with E-state index in [1.165, 1.54) is 12.1 Å².